The van der Waals surface area contributed by atoms with Crippen molar-refractivity contribution >= 4 is 12.6 Å². The van der Waals surface area contributed by atoms with E-state index in [1.165, 1.54) is 0 Å². The molecule has 0 saturated carbocycles. The molecule has 1 aromatic heterocycles. The van der Waals surface area contributed by atoms with Crippen molar-refractivity contribution in [2.75, 3.05) is 0 Å². The van der Waals surface area contributed by atoms with Crippen molar-refractivity contribution in [1.82, 2.24) is 0 Å². The Morgan fingerprint density at radius 2 is 1.22 bits per heavy atom. The lowest BCUT2D eigenvalue weighted by atomic mass is 9.79. The molecule has 4 rings (SSSR count). The molecular weight excluding hydrogens is 401 g/mol. The zero-order valence-corrected chi connectivity index (χ0v) is 19.5. The maximum Gasteiger partial charge on any atom is 0.505 e. The molecule has 1 saturated heterocycles. The van der Waals surface area contributed by atoms with Gasteiger partial charge in [-0.2, -0.15) is 0 Å². The van der Waals surface area contributed by atoms with Gasteiger partial charge < -0.3 is 18.8 Å². The molecule has 0 atom stereocenters. The van der Waals surface area contributed by atoms with E-state index < -0.39 is 18.3 Å². The Morgan fingerprint density at radius 3 is 1.75 bits per heavy atom. The number of benzene rings is 2. The summed E-state index contributed by atoms with van der Waals surface area (Å²) in [6.45, 7) is 9.11. The van der Waals surface area contributed by atoms with E-state index >= 15 is 0 Å². The first-order chi connectivity index (χ1) is 15.3. The highest BCUT2D eigenvalue weighted by Gasteiger charge is 2.53. The monoisotopic (exact) mass is 432 g/mol. The summed E-state index contributed by atoms with van der Waals surface area (Å²) in [5.74, 6) is 1.37. The number of aromatic nitrogens is 1. The van der Waals surface area contributed by atoms with Crippen molar-refractivity contribution < 1.29 is 23.3 Å². The Morgan fingerprint density at radius 1 is 0.719 bits per heavy atom. The number of rotatable bonds is 7. The average Bonchev–Trinajstić information content (AvgIpc) is 3.00. The number of hydrogen-bond acceptors (Lipinski definition) is 4. The van der Waals surface area contributed by atoms with Gasteiger partial charge in [0.25, 0.3) is 0 Å². The van der Waals surface area contributed by atoms with Gasteiger partial charge in [0.2, 0.25) is 0 Å². The van der Waals surface area contributed by atoms with E-state index in [2.05, 4.69) is 27.7 Å². The summed E-state index contributed by atoms with van der Waals surface area (Å²) in [6, 6.07) is 24.1. The summed E-state index contributed by atoms with van der Waals surface area (Å²) >= 11 is 0. The molecule has 2 heterocycles. The Bertz CT molecular complexity index is 1040. The topological polar surface area (TPSA) is 40.8 Å². The second-order valence-corrected chi connectivity index (χ2v) is 9.13. The molecule has 0 bridgehead atoms. The van der Waals surface area contributed by atoms with Crippen LogP contribution in [-0.2, 0) is 29.6 Å². The van der Waals surface area contributed by atoms with Crippen molar-refractivity contribution in [2.45, 2.75) is 52.1 Å². The predicted molar refractivity (Wildman–Crippen MR) is 125 cm³/mol. The fraction of sp³-hybridized carbons (Fsp3) is 0.346. The van der Waals surface area contributed by atoms with Crippen molar-refractivity contribution in [3.05, 3.63) is 83.9 Å². The Balaban J connectivity index is 1.63. The third kappa shape index (κ3) is 4.66. The van der Waals surface area contributed by atoms with Crippen LogP contribution in [0.2, 0.25) is 0 Å². The SMILES string of the molecule is C[n+]1c(OCc2ccccc2)ccc(B2OC(C)(C)C(C)(C)O2)c1OCc1ccccc1. The molecule has 0 aliphatic carbocycles. The minimum Gasteiger partial charge on any atom is -0.440 e. The van der Waals surface area contributed by atoms with Crippen LogP contribution in [0.15, 0.2) is 72.8 Å². The Hall–Kier alpha value is -2.83. The van der Waals surface area contributed by atoms with Crippen molar-refractivity contribution in [3.8, 4) is 11.8 Å². The molecule has 166 valence electrons. The first-order valence-electron chi connectivity index (χ1n) is 11.0. The molecule has 1 aliphatic heterocycles. The van der Waals surface area contributed by atoms with Crippen molar-refractivity contribution in [2.24, 2.45) is 7.05 Å². The van der Waals surface area contributed by atoms with E-state index in [-0.39, 0.29) is 0 Å². The highest BCUT2D eigenvalue weighted by atomic mass is 16.7. The van der Waals surface area contributed by atoms with E-state index in [1.807, 2.05) is 84.4 Å². The predicted octanol–water partition coefficient (Wildman–Crippen LogP) is 3.97. The summed E-state index contributed by atoms with van der Waals surface area (Å²) in [5.41, 5.74) is 2.16. The molecule has 6 heteroatoms. The number of hydrogen-bond donors (Lipinski definition) is 0. The summed E-state index contributed by atoms with van der Waals surface area (Å²) in [7, 11) is 1.41. The second kappa shape index (κ2) is 8.97. The van der Waals surface area contributed by atoms with Gasteiger partial charge in [0.1, 0.15) is 20.3 Å². The highest BCUT2D eigenvalue weighted by Crippen LogP contribution is 2.37. The third-order valence-electron chi connectivity index (χ3n) is 6.24. The van der Waals surface area contributed by atoms with Crippen LogP contribution in [0.3, 0.4) is 0 Å². The molecule has 0 amide bonds. The van der Waals surface area contributed by atoms with Crippen molar-refractivity contribution in [3.63, 3.8) is 0 Å². The van der Waals surface area contributed by atoms with Crippen LogP contribution in [0.1, 0.15) is 38.8 Å². The highest BCUT2D eigenvalue weighted by molar-refractivity contribution is 6.62. The minimum absolute atomic E-state index is 0.434. The van der Waals surface area contributed by atoms with Gasteiger partial charge in [-0.1, -0.05) is 60.7 Å². The summed E-state index contributed by atoms with van der Waals surface area (Å²) in [5, 5.41) is 0. The normalized spacial score (nSPS) is 16.7. The van der Waals surface area contributed by atoms with Crippen molar-refractivity contribution in [1.29, 1.82) is 0 Å². The van der Waals surface area contributed by atoms with Gasteiger partial charge in [-0.3, -0.25) is 0 Å². The zero-order chi connectivity index (χ0) is 22.8. The standard InChI is InChI=1S/C26H31BNO4/c1-25(2)26(3,4)32-27(31-25)22-16-17-23(29-18-20-12-8-6-9-13-20)28(5)24(22)30-19-21-14-10-7-11-15-21/h6-17H,18-19H2,1-5H3/q+1. The maximum absolute atomic E-state index is 6.32. The first-order valence-corrected chi connectivity index (χ1v) is 11.0. The van der Waals surface area contributed by atoms with E-state index in [9.17, 15) is 0 Å². The Labute approximate surface area is 191 Å². The molecule has 1 fully saturated rings. The van der Waals surface area contributed by atoms with E-state index in [1.54, 1.807) is 0 Å². The molecular formula is C26H31BNO4+. The van der Waals surface area contributed by atoms with Crippen LogP contribution >= 0.6 is 0 Å². The van der Waals surface area contributed by atoms with Gasteiger partial charge in [0, 0.05) is 0 Å². The molecule has 0 N–H and O–H groups in total. The van der Waals surface area contributed by atoms with Crippen LogP contribution in [0, 0.1) is 0 Å². The van der Waals surface area contributed by atoms with Crippen LogP contribution < -0.4 is 19.5 Å². The largest absolute Gasteiger partial charge is 0.505 e. The molecule has 3 aromatic rings. The molecule has 5 nitrogen and oxygen atoms in total. The van der Waals surface area contributed by atoms with Crippen LogP contribution in [0.4, 0.5) is 0 Å². The smallest absolute Gasteiger partial charge is 0.440 e. The quantitative estimate of drug-likeness (QED) is 0.419. The van der Waals surface area contributed by atoms with Gasteiger partial charge in [-0.05, 0) is 44.9 Å². The number of nitrogens with zero attached hydrogens (tertiary/aromatic N) is 1. The fourth-order valence-corrected chi connectivity index (χ4v) is 3.57. The van der Waals surface area contributed by atoms with Gasteiger partial charge in [-0.25, -0.2) is 0 Å². The van der Waals surface area contributed by atoms with Crippen LogP contribution in [0.5, 0.6) is 11.8 Å². The van der Waals surface area contributed by atoms with Crippen LogP contribution in [-0.4, -0.2) is 18.3 Å². The first kappa shape index (κ1) is 22.4. The van der Waals surface area contributed by atoms with Crippen LogP contribution in [0.25, 0.3) is 0 Å². The lowest BCUT2D eigenvalue weighted by Crippen LogP contribution is -2.44. The van der Waals surface area contributed by atoms with E-state index in [0.717, 1.165) is 16.6 Å². The zero-order valence-electron chi connectivity index (χ0n) is 19.5. The van der Waals surface area contributed by atoms with E-state index in [4.69, 9.17) is 18.8 Å². The summed E-state index contributed by atoms with van der Waals surface area (Å²) in [4.78, 5) is 0. The summed E-state index contributed by atoms with van der Waals surface area (Å²) in [6.07, 6.45) is 0. The third-order valence-corrected chi connectivity index (χ3v) is 6.24. The lowest BCUT2D eigenvalue weighted by Gasteiger charge is -2.32. The molecule has 0 radical (unpaired) electrons. The van der Waals surface area contributed by atoms with Gasteiger partial charge in [-0.15, -0.1) is 4.57 Å². The van der Waals surface area contributed by atoms with Gasteiger partial charge in [0.15, 0.2) is 0 Å². The maximum atomic E-state index is 6.32. The fourth-order valence-electron chi connectivity index (χ4n) is 3.57. The number of pyridine rings is 1. The average molecular weight is 432 g/mol. The molecule has 0 spiro atoms. The molecule has 1 aliphatic rings. The van der Waals surface area contributed by atoms with Gasteiger partial charge >= 0.3 is 18.9 Å². The summed E-state index contributed by atoms with van der Waals surface area (Å²) < 4.78 is 27.0. The Kier molecular flexibility index (Phi) is 6.27. The van der Waals surface area contributed by atoms with E-state index in [0.29, 0.717) is 25.0 Å². The van der Waals surface area contributed by atoms with Gasteiger partial charge in [0.05, 0.1) is 22.7 Å². The lowest BCUT2D eigenvalue weighted by molar-refractivity contribution is -0.682. The molecule has 2 aromatic carbocycles. The second-order valence-electron chi connectivity index (χ2n) is 9.13. The minimum atomic E-state index is -0.528. The number of ether oxygens (including phenoxy) is 2. The molecule has 32 heavy (non-hydrogen) atoms. The molecule has 0 unspecified atom stereocenters.